The number of aliphatic hydroxyl groups excluding tert-OH is 1. The first kappa shape index (κ1) is 35.6. The second-order valence-electron chi connectivity index (χ2n) is 13.1. The number of amides is 3. The molecule has 1 aromatic carbocycles. The van der Waals surface area contributed by atoms with E-state index >= 15 is 4.39 Å². The molecule has 3 unspecified atom stereocenters. The summed E-state index contributed by atoms with van der Waals surface area (Å²) in [4.78, 5) is 39.4. The van der Waals surface area contributed by atoms with Crippen molar-refractivity contribution in [1.82, 2.24) is 10.6 Å². The van der Waals surface area contributed by atoms with E-state index in [9.17, 15) is 32.7 Å². The number of nitrogens with one attached hydrogen (secondary N) is 3. The highest BCUT2D eigenvalue weighted by Crippen LogP contribution is 2.42. The highest BCUT2D eigenvalue weighted by atomic mass is 19.3. The summed E-state index contributed by atoms with van der Waals surface area (Å²) < 4.78 is 59.6. The number of alkyl halides is 3. The van der Waals surface area contributed by atoms with Crippen molar-refractivity contribution in [3.05, 3.63) is 29.1 Å². The van der Waals surface area contributed by atoms with Crippen molar-refractivity contribution in [3.8, 4) is 0 Å². The van der Waals surface area contributed by atoms with Crippen LogP contribution in [-0.2, 0) is 20.9 Å². The van der Waals surface area contributed by atoms with E-state index in [4.69, 9.17) is 4.74 Å². The van der Waals surface area contributed by atoms with Crippen LogP contribution in [0.5, 0.6) is 0 Å². The highest BCUT2D eigenvalue weighted by molar-refractivity contribution is 5.97. The Morgan fingerprint density at radius 1 is 0.909 bits per heavy atom. The molecular weight excluding hydrogens is 582 g/mol. The summed E-state index contributed by atoms with van der Waals surface area (Å²) in [6, 6.07) is 1.05. The molecule has 4 N–H and O–H groups in total. The third-order valence-electron chi connectivity index (χ3n) is 8.75. The molecule has 2 fully saturated rings. The Morgan fingerprint density at radius 2 is 1.45 bits per heavy atom. The molecule has 0 bridgehead atoms. The maximum Gasteiger partial charge on any atom is 0.408 e. The van der Waals surface area contributed by atoms with E-state index in [1.807, 2.05) is 0 Å². The Labute approximate surface area is 257 Å². The first-order valence-electron chi connectivity index (χ1n) is 15.7. The number of ether oxygens (including phenoxy) is 1. The van der Waals surface area contributed by atoms with Crippen LogP contribution in [0.3, 0.4) is 0 Å². The van der Waals surface area contributed by atoms with Crippen LogP contribution in [0.15, 0.2) is 12.1 Å². The number of anilines is 1. The van der Waals surface area contributed by atoms with Crippen molar-refractivity contribution in [1.29, 1.82) is 0 Å². The molecular formula is C32H47F4N3O5. The molecule has 8 nitrogen and oxygen atoms in total. The smallest absolute Gasteiger partial charge is 0.408 e. The minimum Gasteiger partial charge on any atom is -0.444 e. The first-order valence-corrected chi connectivity index (χ1v) is 15.7. The van der Waals surface area contributed by atoms with Crippen LogP contribution < -0.4 is 16.0 Å². The van der Waals surface area contributed by atoms with Crippen molar-refractivity contribution in [3.63, 3.8) is 0 Å². The molecule has 1 aromatic rings. The second-order valence-corrected chi connectivity index (χ2v) is 13.1. The molecule has 2 aliphatic rings. The van der Waals surface area contributed by atoms with Crippen LogP contribution in [0, 0.1) is 23.6 Å². The molecule has 2 aliphatic carbocycles. The van der Waals surface area contributed by atoms with Gasteiger partial charge in [-0.05, 0) is 68.7 Å². The Kier molecular flexibility index (Phi) is 12.9. The Balaban J connectivity index is 1.94. The summed E-state index contributed by atoms with van der Waals surface area (Å²) in [5, 5.41) is 16.9. The molecule has 0 aliphatic heterocycles. The normalized spacial score (nSPS) is 18.9. The van der Waals surface area contributed by atoms with Crippen LogP contribution in [0.25, 0.3) is 0 Å². The van der Waals surface area contributed by atoms with Gasteiger partial charge in [-0.2, -0.15) is 0 Å². The fourth-order valence-corrected chi connectivity index (χ4v) is 6.68. The third kappa shape index (κ3) is 9.81. The largest absolute Gasteiger partial charge is 0.444 e. The number of aliphatic hydroxyl groups is 1. The highest BCUT2D eigenvalue weighted by Gasteiger charge is 2.42. The summed E-state index contributed by atoms with van der Waals surface area (Å²) in [6.07, 6.45) is 2.90. The molecule has 44 heavy (non-hydrogen) atoms. The molecule has 3 atom stereocenters. The molecule has 3 amide bonds. The molecule has 0 aromatic heterocycles. The van der Waals surface area contributed by atoms with Gasteiger partial charge in [-0.25, -0.2) is 22.4 Å². The molecule has 0 heterocycles. The lowest BCUT2D eigenvalue weighted by atomic mass is 9.66. The molecule has 0 saturated heterocycles. The topological polar surface area (TPSA) is 117 Å². The lowest BCUT2D eigenvalue weighted by Gasteiger charge is -2.42. The van der Waals surface area contributed by atoms with Crippen molar-refractivity contribution in [2.24, 2.45) is 17.8 Å². The van der Waals surface area contributed by atoms with Gasteiger partial charge in [-0.1, -0.05) is 64.2 Å². The van der Waals surface area contributed by atoms with E-state index < -0.39 is 60.6 Å². The van der Waals surface area contributed by atoms with Crippen molar-refractivity contribution >= 4 is 23.6 Å². The SMILES string of the molecule is CC(C(=O)NC(F)C(F)F)c1cc(F)c(NC(=O)C(NC(=O)OC(C)(C)C)C(C2CCCCC2)C2CCCCC2)cc1CO. The fraction of sp³-hybridized carbons (Fsp3) is 0.719. The molecule has 0 radical (unpaired) electrons. The third-order valence-corrected chi connectivity index (χ3v) is 8.75. The minimum atomic E-state index is -3.44. The lowest BCUT2D eigenvalue weighted by Crippen LogP contribution is -2.54. The van der Waals surface area contributed by atoms with Crippen molar-refractivity contribution in [2.75, 3.05) is 5.32 Å². The Morgan fingerprint density at radius 3 is 1.93 bits per heavy atom. The van der Waals surface area contributed by atoms with E-state index in [1.165, 1.54) is 12.2 Å². The zero-order valence-corrected chi connectivity index (χ0v) is 26.1. The first-order chi connectivity index (χ1) is 20.7. The van der Waals surface area contributed by atoms with E-state index in [2.05, 4.69) is 10.6 Å². The average molecular weight is 630 g/mol. The number of rotatable bonds is 11. The Bertz CT molecular complexity index is 1120. The molecule has 12 heteroatoms. The summed E-state index contributed by atoms with van der Waals surface area (Å²) in [6.45, 7) is 5.75. The number of hydrogen-bond donors (Lipinski definition) is 4. The quantitative estimate of drug-likeness (QED) is 0.160. The summed E-state index contributed by atoms with van der Waals surface area (Å²) in [5.74, 6) is -3.80. The van der Waals surface area contributed by atoms with Gasteiger partial charge >= 0.3 is 6.09 Å². The summed E-state index contributed by atoms with van der Waals surface area (Å²) >= 11 is 0. The van der Waals surface area contributed by atoms with Gasteiger partial charge in [0.05, 0.1) is 18.2 Å². The van der Waals surface area contributed by atoms with Gasteiger partial charge in [0.1, 0.15) is 17.5 Å². The van der Waals surface area contributed by atoms with E-state index in [0.717, 1.165) is 76.3 Å². The maximum atomic E-state index is 15.5. The fourth-order valence-electron chi connectivity index (χ4n) is 6.68. The predicted molar refractivity (Wildman–Crippen MR) is 158 cm³/mol. The van der Waals surface area contributed by atoms with Crippen LogP contribution in [0.1, 0.15) is 109 Å². The molecule has 2 saturated carbocycles. The maximum absolute atomic E-state index is 15.5. The van der Waals surface area contributed by atoms with Gasteiger partial charge in [0.2, 0.25) is 18.1 Å². The number of carbonyl (C=O) groups excluding carboxylic acids is 3. The number of alkyl carbamates (subject to hydrolysis) is 1. The van der Waals surface area contributed by atoms with E-state index in [1.54, 1.807) is 20.8 Å². The van der Waals surface area contributed by atoms with Crippen LogP contribution in [0.4, 0.5) is 28.0 Å². The van der Waals surface area contributed by atoms with Crippen LogP contribution in [-0.4, -0.2) is 47.4 Å². The Hall–Kier alpha value is -2.89. The number of carbonyl (C=O) groups is 3. The zero-order chi connectivity index (χ0) is 32.6. The lowest BCUT2D eigenvalue weighted by molar-refractivity contribution is -0.126. The standard InChI is InChI=1S/C32H47F4N3O5/c1-18(29(41)39-28(36)27(34)35)22-16-23(33)24(15-21(22)17-40)37-30(42)26(38-31(43)44-32(2,3)4)25(19-11-7-5-8-12-19)20-13-9-6-10-14-20/h15-16,18-20,25-28,40H,5-14,17H2,1-4H3,(H,37,42)(H,38,43)(H,39,41). The minimum absolute atomic E-state index is 0.0459. The van der Waals surface area contributed by atoms with Crippen LogP contribution in [0.2, 0.25) is 0 Å². The number of benzene rings is 1. The van der Waals surface area contributed by atoms with E-state index in [0.29, 0.717) is 0 Å². The zero-order valence-electron chi connectivity index (χ0n) is 26.1. The van der Waals surface area contributed by atoms with Gasteiger partial charge in [-0.15, -0.1) is 0 Å². The molecule has 3 rings (SSSR count). The predicted octanol–water partition coefficient (Wildman–Crippen LogP) is 6.71. The average Bonchev–Trinajstić information content (AvgIpc) is 2.97. The monoisotopic (exact) mass is 629 g/mol. The van der Waals surface area contributed by atoms with Crippen molar-refractivity contribution in [2.45, 2.75) is 129 Å². The van der Waals surface area contributed by atoms with E-state index in [-0.39, 0.29) is 34.6 Å². The van der Waals surface area contributed by atoms with Gasteiger partial charge in [0.15, 0.2) is 0 Å². The van der Waals surface area contributed by atoms with Gasteiger partial charge in [0, 0.05) is 0 Å². The summed E-state index contributed by atoms with van der Waals surface area (Å²) in [7, 11) is 0. The van der Waals surface area contributed by atoms with Gasteiger partial charge in [0.25, 0.3) is 6.43 Å². The van der Waals surface area contributed by atoms with Gasteiger partial charge in [-0.3, -0.25) is 9.59 Å². The number of hydrogen-bond acceptors (Lipinski definition) is 5. The number of halogens is 4. The molecule has 0 spiro atoms. The van der Waals surface area contributed by atoms with Crippen molar-refractivity contribution < 1.29 is 41.8 Å². The second kappa shape index (κ2) is 15.9. The van der Waals surface area contributed by atoms with Crippen LogP contribution >= 0.6 is 0 Å². The molecule has 248 valence electrons. The van der Waals surface area contributed by atoms with Gasteiger partial charge < -0.3 is 25.8 Å². The summed E-state index contributed by atoms with van der Waals surface area (Å²) in [5.41, 5.74) is -1.10.